The highest BCUT2D eigenvalue weighted by atomic mass is 35.5. The lowest BCUT2D eigenvalue weighted by Crippen LogP contribution is -2.42. The quantitative estimate of drug-likeness (QED) is 0.889. The third kappa shape index (κ3) is 4.88. The van der Waals surface area contributed by atoms with E-state index in [-0.39, 0.29) is 23.4 Å². The normalized spacial score (nSPS) is 17.5. The summed E-state index contributed by atoms with van der Waals surface area (Å²) in [6.45, 7) is 4.36. The summed E-state index contributed by atoms with van der Waals surface area (Å²) >= 11 is 0. The molecule has 3 nitrogen and oxygen atoms in total. The second kappa shape index (κ2) is 7.33. The van der Waals surface area contributed by atoms with E-state index in [1.807, 2.05) is 0 Å². The van der Waals surface area contributed by atoms with Crippen LogP contribution in [-0.4, -0.2) is 25.5 Å². The molecule has 0 spiro atoms. The van der Waals surface area contributed by atoms with E-state index >= 15 is 0 Å². The first-order chi connectivity index (χ1) is 9.80. The molecule has 2 rings (SSSR count). The van der Waals surface area contributed by atoms with Gasteiger partial charge >= 0.3 is 6.18 Å². The molecule has 2 N–H and O–H groups in total. The van der Waals surface area contributed by atoms with Crippen molar-refractivity contribution < 1.29 is 18.0 Å². The minimum atomic E-state index is -4.43. The lowest BCUT2D eigenvalue weighted by molar-refractivity contribution is -0.137. The summed E-state index contributed by atoms with van der Waals surface area (Å²) in [5, 5.41) is 6.00. The first-order valence-electron chi connectivity index (χ1n) is 6.96. The maximum atomic E-state index is 12.6. The number of hydrogen-bond acceptors (Lipinski definition) is 2. The van der Waals surface area contributed by atoms with Crippen LogP contribution in [0.1, 0.15) is 35.7 Å². The van der Waals surface area contributed by atoms with Gasteiger partial charge in [-0.2, -0.15) is 13.2 Å². The lowest BCUT2D eigenvalue weighted by atomic mass is 9.81. The summed E-state index contributed by atoms with van der Waals surface area (Å²) in [5.41, 5.74) is -0.756. The van der Waals surface area contributed by atoms with Gasteiger partial charge in [0.15, 0.2) is 0 Å². The van der Waals surface area contributed by atoms with Crippen molar-refractivity contribution in [1.82, 2.24) is 10.6 Å². The Morgan fingerprint density at radius 3 is 2.55 bits per heavy atom. The van der Waals surface area contributed by atoms with Gasteiger partial charge in [0.1, 0.15) is 0 Å². The summed E-state index contributed by atoms with van der Waals surface area (Å²) in [6.07, 6.45) is -2.55. The van der Waals surface area contributed by atoms with Gasteiger partial charge in [-0.1, -0.05) is 13.0 Å². The first-order valence-corrected chi connectivity index (χ1v) is 6.96. The highest BCUT2D eigenvalue weighted by molar-refractivity contribution is 5.94. The fourth-order valence-corrected chi connectivity index (χ4v) is 2.44. The molecule has 0 bridgehead atoms. The molecular weight excluding hydrogens is 317 g/mol. The number of halogens is 4. The highest BCUT2D eigenvalue weighted by Crippen LogP contribution is 2.30. The number of hydrogen-bond donors (Lipinski definition) is 2. The van der Waals surface area contributed by atoms with Crippen molar-refractivity contribution in [2.45, 2.75) is 25.9 Å². The van der Waals surface area contributed by atoms with Gasteiger partial charge in [0.2, 0.25) is 0 Å². The topological polar surface area (TPSA) is 41.1 Å². The van der Waals surface area contributed by atoms with Crippen molar-refractivity contribution in [3.05, 3.63) is 35.4 Å². The SMILES string of the molecule is CC1(CNC(=O)c2cccc(C(F)(F)F)c2)CCNCC1.Cl. The number of rotatable bonds is 3. The van der Waals surface area contributed by atoms with Gasteiger partial charge in [-0.25, -0.2) is 0 Å². The molecule has 0 unspecified atom stereocenters. The highest BCUT2D eigenvalue weighted by Gasteiger charge is 2.31. The van der Waals surface area contributed by atoms with Gasteiger partial charge in [-0.3, -0.25) is 4.79 Å². The third-order valence-corrected chi connectivity index (χ3v) is 3.94. The van der Waals surface area contributed by atoms with Crippen LogP contribution >= 0.6 is 12.4 Å². The van der Waals surface area contributed by atoms with Crippen molar-refractivity contribution in [3.63, 3.8) is 0 Å². The summed E-state index contributed by atoms with van der Waals surface area (Å²) in [5.74, 6) is -0.458. The molecule has 1 aliphatic heterocycles. The average molecular weight is 337 g/mol. The van der Waals surface area contributed by atoms with Gasteiger partial charge in [-0.05, 0) is 49.5 Å². The predicted molar refractivity (Wildman–Crippen MR) is 81.2 cm³/mol. The van der Waals surface area contributed by atoms with Gasteiger partial charge < -0.3 is 10.6 Å². The molecule has 0 radical (unpaired) electrons. The Kier molecular flexibility index (Phi) is 6.26. The Labute approximate surface area is 134 Å². The number of carbonyl (C=O) groups excluding carboxylic acids is 1. The van der Waals surface area contributed by atoms with Crippen LogP contribution in [0.15, 0.2) is 24.3 Å². The Hall–Kier alpha value is -1.27. The second-order valence-corrected chi connectivity index (χ2v) is 5.82. The zero-order valence-electron chi connectivity index (χ0n) is 12.3. The molecule has 1 heterocycles. The molecule has 1 aromatic carbocycles. The van der Waals surface area contributed by atoms with Crippen molar-refractivity contribution in [2.75, 3.05) is 19.6 Å². The number of piperidine rings is 1. The average Bonchev–Trinajstić information content (AvgIpc) is 2.45. The molecule has 1 amide bonds. The van der Waals surface area contributed by atoms with E-state index in [1.54, 1.807) is 0 Å². The molecule has 1 aromatic rings. The fourth-order valence-electron chi connectivity index (χ4n) is 2.44. The molecule has 1 saturated heterocycles. The largest absolute Gasteiger partial charge is 0.416 e. The number of alkyl halides is 3. The summed E-state index contributed by atoms with van der Waals surface area (Å²) in [7, 11) is 0. The second-order valence-electron chi connectivity index (χ2n) is 5.82. The van der Waals surface area contributed by atoms with E-state index in [2.05, 4.69) is 17.6 Å². The molecule has 0 aromatic heterocycles. The lowest BCUT2D eigenvalue weighted by Gasteiger charge is -2.34. The van der Waals surface area contributed by atoms with Crippen LogP contribution in [0.3, 0.4) is 0 Å². The van der Waals surface area contributed by atoms with E-state index in [4.69, 9.17) is 0 Å². The molecule has 7 heteroatoms. The van der Waals surface area contributed by atoms with Gasteiger partial charge in [0, 0.05) is 12.1 Å². The van der Waals surface area contributed by atoms with Gasteiger partial charge in [0.25, 0.3) is 5.91 Å². The van der Waals surface area contributed by atoms with E-state index in [1.165, 1.54) is 12.1 Å². The number of nitrogens with one attached hydrogen (secondary N) is 2. The summed E-state index contributed by atoms with van der Waals surface area (Å²) in [6, 6.07) is 4.50. The van der Waals surface area contributed by atoms with Crippen molar-refractivity contribution >= 4 is 18.3 Å². The van der Waals surface area contributed by atoms with Crippen LogP contribution in [0.4, 0.5) is 13.2 Å². The minimum Gasteiger partial charge on any atom is -0.351 e. The zero-order valence-corrected chi connectivity index (χ0v) is 13.1. The van der Waals surface area contributed by atoms with Crippen LogP contribution in [-0.2, 0) is 6.18 Å². The molecule has 124 valence electrons. The van der Waals surface area contributed by atoms with Crippen LogP contribution in [0, 0.1) is 5.41 Å². The monoisotopic (exact) mass is 336 g/mol. The molecule has 0 saturated carbocycles. The predicted octanol–water partition coefficient (Wildman–Crippen LogP) is 3.25. The Bertz CT molecular complexity index is 514. The molecule has 0 aliphatic carbocycles. The maximum absolute atomic E-state index is 12.6. The van der Waals surface area contributed by atoms with Crippen molar-refractivity contribution in [2.24, 2.45) is 5.41 Å². The smallest absolute Gasteiger partial charge is 0.351 e. The standard InChI is InChI=1S/C15H19F3N2O.ClH/c1-14(5-7-19-8-6-14)10-20-13(21)11-3-2-4-12(9-11)15(16,17)18;/h2-4,9,19H,5-8,10H2,1H3,(H,20,21);1H. The molecular formula is C15H20ClF3N2O. The molecule has 1 fully saturated rings. The van der Waals surface area contributed by atoms with Crippen molar-refractivity contribution in [3.8, 4) is 0 Å². The molecule has 0 atom stereocenters. The number of amides is 1. The summed E-state index contributed by atoms with van der Waals surface area (Å²) < 4.78 is 37.9. The molecule has 1 aliphatic rings. The Morgan fingerprint density at radius 2 is 1.95 bits per heavy atom. The van der Waals surface area contributed by atoms with Gasteiger partial charge in [0.05, 0.1) is 5.56 Å². The van der Waals surface area contributed by atoms with E-state index in [0.29, 0.717) is 6.54 Å². The van der Waals surface area contributed by atoms with Crippen LogP contribution in [0.2, 0.25) is 0 Å². The minimum absolute atomic E-state index is 0. The van der Waals surface area contributed by atoms with E-state index in [0.717, 1.165) is 38.1 Å². The van der Waals surface area contributed by atoms with E-state index < -0.39 is 17.6 Å². The van der Waals surface area contributed by atoms with Gasteiger partial charge in [-0.15, -0.1) is 12.4 Å². The van der Waals surface area contributed by atoms with Crippen LogP contribution in [0.5, 0.6) is 0 Å². The number of carbonyl (C=O) groups is 1. The summed E-state index contributed by atoms with van der Waals surface area (Å²) in [4.78, 5) is 12.0. The Balaban J connectivity index is 0.00000242. The Morgan fingerprint density at radius 1 is 1.32 bits per heavy atom. The maximum Gasteiger partial charge on any atom is 0.416 e. The zero-order chi connectivity index (χ0) is 15.5. The fraction of sp³-hybridized carbons (Fsp3) is 0.533. The van der Waals surface area contributed by atoms with Crippen LogP contribution < -0.4 is 10.6 Å². The van der Waals surface area contributed by atoms with Crippen LogP contribution in [0.25, 0.3) is 0 Å². The molecule has 22 heavy (non-hydrogen) atoms. The van der Waals surface area contributed by atoms with E-state index in [9.17, 15) is 18.0 Å². The van der Waals surface area contributed by atoms with Crippen molar-refractivity contribution in [1.29, 1.82) is 0 Å². The third-order valence-electron chi connectivity index (χ3n) is 3.94. The first kappa shape index (κ1) is 18.8. The number of benzene rings is 1.